The van der Waals surface area contributed by atoms with E-state index in [2.05, 4.69) is 39.9 Å². The molecule has 0 saturated carbocycles. The number of benzene rings is 1. The van der Waals surface area contributed by atoms with Crippen molar-refractivity contribution >= 4 is 21.9 Å². The summed E-state index contributed by atoms with van der Waals surface area (Å²) in [4.78, 5) is 12.7. The zero-order valence-electron chi connectivity index (χ0n) is 10.9. The molecule has 0 spiro atoms. The number of likely N-dealkylation sites (N-methyl/N-ethyl adjacent to an activating group) is 1. The van der Waals surface area contributed by atoms with Crippen molar-refractivity contribution in [2.45, 2.75) is 32.2 Å². The highest BCUT2D eigenvalue weighted by molar-refractivity contribution is 9.10. The number of hydrogen-bond acceptors (Lipinski definition) is 2. The van der Waals surface area contributed by atoms with Gasteiger partial charge in [0.1, 0.15) is 0 Å². The van der Waals surface area contributed by atoms with Gasteiger partial charge in [0.05, 0.1) is 0 Å². The molecule has 0 aromatic heterocycles. The van der Waals surface area contributed by atoms with E-state index in [0.717, 1.165) is 17.4 Å². The fourth-order valence-electron chi connectivity index (χ4n) is 1.82. The SMILES string of the molecule is CC(Cc1ccc(Br)cc1)N(C)CCCC(=O)O. The van der Waals surface area contributed by atoms with E-state index in [0.29, 0.717) is 12.5 Å². The Bertz CT molecular complexity index is 378. The molecular formula is C14H20BrNO2. The molecule has 1 atom stereocenters. The van der Waals surface area contributed by atoms with E-state index >= 15 is 0 Å². The molecule has 0 radical (unpaired) electrons. The molecular weight excluding hydrogens is 294 g/mol. The van der Waals surface area contributed by atoms with E-state index in [4.69, 9.17) is 5.11 Å². The summed E-state index contributed by atoms with van der Waals surface area (Å²) in [6.07, 6.45) is 1.93. The fraction of sp³-hybridized carbons (Fsp3) is 0.500. The van der Waals surface area contributed by atoms with E-state index in [9.17, 15) is 4.79 Å². The van der Waals surface area contributed by atoms with Gasteiger partial charge in [0.15, 0.2) is 0 Å². The quantitative estimate of drug-likeness (QED) is 0.840. The van der Waals surface area contributed by atoms with Gasteiger partial charge in [-0.25, -0.2) is 0 Å². The van der Waals surface area contributed by atoms with Crippen molar-refractivity contribution < 1.29 is 9.90 Å². The molecule has 0 heterocycles. The van der Waals surface area contributed by atoms with Gasteiger partial charge in [-0.15, -0.1) is 0 Å². The summed E-state index contributed by atoms with van der Waals surface area (Å²) in [7, 11) is 2.05. The molecule has 0 aliphatic heterocycles. The molecule has 0 fully saturated rings. The van der Waals surface area contributed by atoms with Crippen LogP contribution in [0.1, 0.15) is 25.3 Å². The average molecular weight is 314 g/mol. The van der Waals surface area contributed by atoms with E-state index in [1.807, 2.05) is 19.2 Å². The summed E-state index contributed by atoms with van der Waals surface area (Å²) < 4.78 is 1.09. The van der Waals surface area contributed by atoms with Crippen molar-refractivity contribution in [2.24, 2.45) is 0 Å². The third kappa shape index (κ3) is 5.65. The lowest BCUT2D eigenvalue weighted by atomic mass is 10.1. The lowest BCUT2D eigenvalue weighted by molar-refractivity contribution is -0.137. The maximum atomic E-state index is 10.5. The van der Waals surface area contributed by atoms with Gasteiger partial charge in [-0.2, -0.15) is 0 Å². The van der Waals surface area contributed by atoms with Gasteiger partial charge < -0.3 is 10.0 Å². The molecule has 1 aromatic rings. The van der Waals surface area contributed by atoms with Gasteiger partial charge in [0.2, 0.25) is 0 Å². The lowest BCUT2D eigenvalue weighted by Crippen LogP contribution is -2.32. The monoisotopic (exact) mass is 313 g/mol. The molecule has 0 amide bonds. The highest BCUT2D eigenvalue weighted by Gasteiger charge is 2.10. The Morgan fingerprint density at radius 2 is 2.00 bits per heavy atom. The summed E-state index contributed by atoms with van der Waals surface area (Å²) in [5, 5.41) is 8.60. The molecule has 1 aromatic carbocycles. The smallest absolute Gasteiger partial charge is 0.303 e. The van der Waals surface area contributed by atoms with E-state index < -0.39 is 5.97 Å². The van der Waals surface area contributed by atoms with Gasteiger partial charge >= 0.3 is 5.97 Å². The lowest BCUT2D eigenvalue weighted by Gasteiger charge is -2.24. The molecule has 0 aliphatic rings. The number of hydrogen-bond donors (Lipinski definition) is 1. The molecule has 3 nitrogen and oxygen atoms in total. The first-order valence-electron chi connectivity index (χ1n) is 6.15. The normalized spacial score (nSPS) is 12.7. The summed E-state index contributed by atoms with van der Waals surface area (Å²) in [5.41, 5.74) is 1.30. The molecule has 0 saturated heterocycles. The summed E-state index contributed by atoms with van der Waals surface area (Å²) >= 11 is 3.42. The van der Waals surface area contributed by atoms with Crippen LogP contribution >= 0.6 is 15.9 Å². The topological polar surface area (TPSA) is 40.5 Å². The Hall–Kier alpha value is -0.870. The van der Waals surface area contributed by atoms with Gasteiger partial charge in [-0.05, 0) is 51.1 Å². The Labute approximate surface area is 117 Å². The second-order valence-electron chi connectivity index (χ2n) is 4.66. The predicted octanol–water partition coefficient (Wildman–Crippen LogP) is 3.18. The Morgan fingerprint density at radius 3 is 2.56 bits per heavy atom. The number of carbonyl (C=O) groups is 1. The number of carboxylic acids is 1. The van der Waals surface area contributed by atoms with Crippen LogP contribution in [0.15, 0.2) is 28.7 Å². The second-order valence-corrected chi connectivity index (χ2v) is 5.57. The van der Waals surface area contributed by atoms with Crippen LogP contribution in [0, 0.1) is 0 Å². The summed E-state index contributed by atoms with van der Waals surface area (Å²) in [5.74, 6) is -0.719. The highest BCUT2D eigenvalue weighted by atomic mass is 79.9. The number of halogens is 1. The highest BCUT2D eigenvalue weighted by Crippen LogP contribution is 2.13. The largest absolute Gasteiger partial charge is 0.481 e. The predicted molar refractivity (Wildman–Crippen MR) is 76.8 cm³/mol. The minimum Gasteiger partial charge on any atom is -0.481 e. The van der Waals surface area contributed by atoms with Crippen LogP contribution in [0.25, 0.3) is 0 Å². The number of aliphatic carboxylic acids is 1. The zero-order valence-corrected chi connectivity index (χ0v) is 12.5. The third-order valence-corrected chi connectivity index (χ3v) is 3.63. The number of rotatable bonds is 7. The molecule has 0 aliphatic carbocycles. The first-order chi connectivity index (χ1) is 8.49. The Balaban J connectivity index is 2.37. The van der Waals surface area contributed by atoms with Gasteiger partial charge in [0.25, 0.3) is 0 Å². The molecule has 18 heavy (non-hydrogen) atoms. The van der Waals surface area contributed by atoms with Crippen LogP contribution < -0.4 is 0 Å². The summed E-state index contributed by atoms with van der Waals surface area (Å²) in [6.45, 7) is 2.99. The summed E-state index contributed by atoms with van der Waals surface area (Å²) in [6, 6.07) is 8.75. The molecule has 100 valence electrons. The van der Waals surface area contributed by atoms with E-state index in [-0.39, 0.29) is 6.42 Å². The van der Waals surface area contributed by atoms with Crippen molar-refractivity contribution in [1.82, 2.24) is 4.90 Å². The van der Waals surface area contributed by atoms with Crippen molar-refractivity contribution in [1.29, 1.82) is 0 Å². The van der Waals surface area contributed by atoms with E-state index in [1.165, 1.54) is 5.56 Å². The van der Waals surface area contributed by atoms with E-state index in [1.54, 1.807) is 0 Å². The molecule has 1 rings (SSSR count). The maximum Gasteiger partial charge on any atom is 0.303 e. The van der Waals surface area contributed by atoms with Crippen LogP contribution in [0.5, 0.6) is 0 Å². The molecule has 1 unspecified atom stereocenters. The first kappa shape index (κ1) is 15.2. The third-order valence-electron chi connectivity index (χ3n) is 3.10. The molecule has 0 bridgehead atoms. The van der Waals surface area contributed by atoms with Gasteiger partial charge in [-0.3, -0.25) is 4.79 Å². The van der Waals surface area contributed by atoms with Crippen LogP contribution in [0.3, 0.4) is 0 Å². The van der Waals surface area contributed by atoms with Crippen LogP contribution in [-0.4, -0.2) is 35.6 Å². The minimum atomic E-state index is -0.719. The zero-order chi connectivity index (χ0) is 13.5. The number of carboxylic acid groups (broad SMARTS) is 1. The molecule has 1 N–H and O–H groups in total. The van der Waals surface area contributed by atoms with Crippen molar-refractivity contribution in [3.05, 3.63) is 34.3 Å². The minimum absolute atomic E-state index is 0.245. The molecule has 4 heteroatoms. The van der Waals surface area contributed by atoms with Crippen LogP contribution in [0.2, 0.25) is 0 Å². The van der Waals surface area contributed by atoms with Crippen molar-refractivity contribution in [3.63, 3.8) is 0 Å². The number of nitrogens with zero attached hydrogens (tertiary/aromatic N) is 1. The average Bonchev–Trinajstić information content (AvgIpc) is 2.31. The fourth-order valence-corrected chi connectivity index (χ4v) is 2.08. The van der Waals surface area contributed by atoms with Crippen molar-refractivity contribution in [2.75, 3.05) is 13.6 Å². The Kier molecular flexibility index (Phi) is 6.36. The van der Waals surface area contributed by atoms with Crippen LogP contribution in [0.4, 0.5) is 0 Å². The second kappa shape index (κ2) is 7.54. The standard InChI is InChI=1S/C14H20BrNO2/c1-11(16(2)9-3-4-14(17)18)10-12-5-7-13(15)8-6-12/h5-8,11H,3-4,9-10H2,1-2H3,(H,17,18). The van der Waals surface area contributed by atoms with Crippen molar-refractivity contribution in [3.8, 4) is 0 Å². The van der Waals surface area contributed by atoms with Gasteiger partial charge in [0, 0.05) is 16.9 Å². The first-order valence-corrected chi connectivity index (χ1v) is 6.95. The Morgan fingerprint density at radius 1 is 1.39 bits per heavy atom. The van der Waals surface area contributed by atoms with Gasteiger partial charge in [-0.1, -0.05) is 28.1 Å². The van der Waals surface area contributed by atoms with Crippen LogP contribution in [-0.2, 0) is 11.2 Å². The maximum absolute atomic E-state index is 10.5.